The van der Waals surface area contributed by atoms with E-state index < -0.39 is 0 Å². The maximum Gasteiger partial charge on any atom is 0.274 e. The number of amides is 1. The van der Waals surface area contributed by atoms with E-state index in [4.69, 9.17) is 46.4 Å². The monoisotopic (exact) mass is 387 g/mol. The normalized spacial score (nSPS) is 11.0. The predicted octanol–water partition coefficient (Wildman–Crippen LogP) is 5.51. The van der Waals surface area contributed by atoms with Crippen LogP contribution in [0, 0.1) is 6.92 Å². The Hall–Kier alpha value is -1.46. The molecular weight excluding hydrogens is 380 g/mol. The molecule has 0 aliphatic carbocycles. The van der Waals surface area contributed by atoms with Crippen LogP contribution in [-0.4, -0.2) is 15.3 Å². The minimum Gasteiger partial charge on any atom is -0.321 e. The van der Waals surface area contributed by atoms with Gasteiger partial charge in [-0.25, -0.2) is 4.98 Å². The van der Waals surface area contributed by atoms with E-state index in [1.165, 1.54) is 0 Å². The molecule has 0 saturated heterocycles. The number of halogens is 4. The number of fused-ring (bicyclic) bond motifs is 1. The SMILES string of the molecule is Cc1nc2c(Cl)cc(Cl)cn2c1C(=O)Nc1ccc(Cl)c(Cl)c1. The molecule has 3 rings (SSSR count). The third-order valence-corrected chi connectivity index (χ3v) is 4.43. The number of hydrogen-bond donors (Lipinski definition) is 1. The number of aromatic nitrogens is 2. The predicted molar refractivity (Wildman–Crippen MR) is 94.4 cm³/mol. The molecule has 8 heteroatoms. The van der Waals surface area contributed by atoms with Crippen molar-refractivity contribution in [1.29, 1.82) is 0 Å². The zero-order valence-corrected chi connectivity index (χ0v) is 14.7. The molecule has 0 fully saturated rings. The lowest BCUT2D eigenvalue weighted by atomic mass is 10.3. The van der Waals surface area contributed by atoms with Gasteiger partial charge in [0, 0.05) is 11.9 Å². The standard InChI is InChI=1S/C15H9Cl4N3O/c1-7-13(22-6-8(16)4-12(19)14(22)20-7)15(23)21-9-2-3-10(17)11(18)5-9/h2-6H,1H3,(H,21,23). The number of hydrogen-bond acceptors (Lipinski definition) is 2. The lowest BCUT2D eigenvalue weighted by Crippen LogP contribution is -2.15. The van der Waals surface area contributed by atoms with Gasteiger partial charge in [-0.15, -0.1) is 0 Å². The zero-order valence-electron chi connectivity index (χ0n) is 11.7. The van der Waals surface area contributed by atoms with Gasteiger partial charge >= 0.3 is 0 Å². The number of carbonyl (C=O) groups excluding carboxylic acids is 1. The molecular formula is C15H9Cl4N3O. The Morgan fingerprint density at radius 1 is 1.09 bits per heavy atom. The summed E-state index contributed by atoms with van der Waals surface area (Å²) >= 11 is 24.0. The van der Waals surface area contributed by atoms with Crippen molar-refractivity contribution in [2.24, 2.45) is 0 Å². The molecule has 0 aliphatic heterocycles. The minimum absolute atomic E-state index is 0.343. The first kappa shape index (κ1) is 16.4. The van der Waals surface area contributed by atoms with Crippen molar-refractivity contribution in [3.8, 4) is 0 Å². The van der Waals surface area contributed by atoms with Crippen LogP contribution in [-0.2, 0) is 0 Å². The van der Waals surface area contributed by atoms with Gasteiger partial charge in [0.2, 0.25) is 0 Å². The van der Waals surface area contributed by atoms with Crippen LogP contribution in [0.1, 0.15) is 16.2 Å². The second-order valence-electron chi connectivity index (χ2n) is 4.83. The van der Waals surface area contributed by atoms with Crippen molar-refractivity contribution in [3.05, 3.63) is 61.9 Å². The van der Waals surface area contributed by atoms with E-state index in [0.717, 1.165) is 0 Å². The molecule has 0 spiro atoms. The summed E-state index contributed by atoms with van der Waals surface area (Å²) in [5.41, 5.74) is 1.86. The summed E-state index contributed by atoms with van der Waals surface area (Å²) in [7, 11) is 0. The minimum atomic E-state index is -0.355. The number of aryl methyl sites for hydroxylation is 1. The summed E-state index contributed by atoms with van der Waals surface area (Å²) in [5, 5.41) is 4.29. The zero-order chi connectivity index (χ0) is 16.7. The van der Waals surface area contributed by atoms with Crippen molar-refractivity contribution in [1.82, 2.24) is 9.38 Å². The van der Waals surface area contributed by atoms with Gasteiger partial charge in [-0.05, 0) is 31.2 Å². The van der Waals surface area contributed by atoms with Gasteiger partial charge in [0.05, 0.1) is 25.8 Å². The number of rotatable bonds is 2. The fraction of sp³-hybridized carbons (Fsp3) is 0.0667. The molecule has 2 aromatic heterocycles. The molecule has 0 unspecified atom stereocenters. The van der Waals surface area contributed by atoms with Crippen LogP contribution < -0.4 is 5.32 Å². The Morgan fingerprint density at radius 2 is 1.83 bits per heavy atom. The molecule has 1 aromatic carbocycles. The van der Waals surface area contributed by atoms with Crippen molar-refractivity contribution in [2.75, 3.05) is 5.32 Å². The van der Waals surface area contributed by atoms with Gasteiger partial charge in [0.1, 0.15) is 5.69 Å². The molecule has 4 nitrogen and oxygen atoms in total. The molecule has 1 amide bonds. The fourth-order valence-corrected chi connectivity index (χ4v) is 3.04. The van der Waals surface area contributed by atoms with Gasteiger partial charge < -0.3 is 5.32 Å². The third-order valence-electron chi connectivity index (χ3n) is 3.21. The van der Waals surface area contributed by atoms with Crippen LogP contribution in [0.15, 0.2) is 30.5 Å². The van der Waals surface area contributed by atoms with Gasteiger partial charge in [-0.1, -0.05) is 46.4 Å². The van der Waals surface area contributed by atoms with Crippen LogP contribution in [0.3, 0.4) is 0 Å². The molecule has 3 aromatic rings. The van der Waals surface area contributed by atoms with Crippen LogP contribution in [0.5, 0.6) is 0 Å². The highest BCUT2D eigenvalue weighted by atomic mass is 35.5. The number of pyridine rings is 1. The summed E-state index contributed by atoms with van der Waals surface area (Å²) in [6, 6.07) is 6.41. The molecule has 118 valence electrons. The van der Waals surface area contributed by atoms with Gasteiger partial charge in [0.25, 0.3) is 5.91 Å². The summed E-state index contributed by atoms with van der Waals surface area (Å²) in [6.45, 7) is 1.72. The second kappa shape index (κ2) is 6.21. The van der Waals surface area contributed by atoms with Crippen LogP contribution in [0.4, 0.5) is 5.69 Å². The van der Waals surface area contributed by atoms with Crippen molar-refractivity contribution < 1.29 is 4.79 Å². The topological polar surface area (TPSA) is 46.4 Å². The Morgan fingerprint density at radius 3 is 2.52 bits per heavy atom. The lowest BCUT2D eigenvalue weighted by molar-refractivity contribution is 0.102. The highest BCUT2D eigenvalue weighted by Crippen LogP contribution is 2.27. The average Bonchev–Trinajstić information content (AvgIpc) is 2.79. The second-order valence-corrected chi connectivity index (χ2v) is 6.49. The highest BCUT2D eigenvalue weighted by molar-refractivity contribution is 6.42. The fourth-order valence-electron chi connectivity index (χ4n) is 2.22. The van der Waals surface area contributed by atoms with E-state index in [-0.39, 0.29) is 5.91 Å². The first-order valence-corrected chi connectivity index (χ1v) is 7.98. The number of carbonyl (C=O) groups is 1. The van der Waals surface area contributed by atoms with E-state index in [9.17, 15) is 4.79 Å². The smallest absolute Gasteiger partial charge is 0.274 e. The van der Waals surface area contributed by atoms with E-state index in [1.807, 2.05) is 0 Å². The van der Waals surface area contributed by atoms with Crippen molar-refractivity contribution in [2.45, 2.75) is 6.92 Å². The Balaban J connectivity index is 2.04. The van der Waals surface area contributed by atoms with Crippen molar-refractivity contribution in [3.63, 3.8) is 0 Å². The number of imidazole rings is 1. The van der Waals surface area contributed by atoms with Gasteiger partial charge in [0.15, 0.2) is 5.65 Å². The molecule has 0 atom stereocenters. The molecule has 2 heterocycles. The molecule has 1 N–H and O–H groups in total. The largest absolute Gasteiger partial charge is 0.321 e. The third kappa shape index (κ3) is 3.12. The Bertz CT molecular complexity index is 936. The highest BCUT2D eigenvalue weighted by Gasteiger charge is 2.19. The van der Waals surface area contributed by atoms with Crippen molar-refractivity contribution >= 4 is 63.6 Å². The quantitative estimate of drug-likeness (QED) is 0.629. The van der Waals surface area contributed by atoms with E-state index in [2.05, 4.69) is 10.3 Å². The number of anilines is 1. The molecule has 0 saturated carbocycles. The van der Waals surface area contributed by atoms with E-state index in [0.29, 0.717) is 42.8 Å². The van der Waals surface area contributed by atoms with E-state index >= 15 is 0 Å². The number of nitrogens with zero attached hydrogens (tertiary/aromatic N) is 2. The molecule has 0 aliphatic rings. The maximum atomic E-state index is 12.6. The molecule has 0 bridgehead atoms. The van der Waals surface area contributed by atoms with Gasteiger partial charge in [-0.2, -0.15) is 0 Å². The van der Waals surface area contributed by atoms with Crippen LogP contribution in [0.25, 0.3) is 5.65 Å². The Labute approximate surface area is 151 Å². The first-order chi connectivity index (χ1) is 10.9. The molecule has 0 radical (unpaired) electrons. The summed E-state index contributed by atoms with van der Waals surface area (Å²) in [5.74, 6) is -0.355. The number of nitrogens with one attached hydrogen (secondary N) is 1. The van der Waals surface area contributed by atoms with Crippen LogP contribution in [0.2, 0.25) is 20.1 Å². The summed E-state index contributed by atoms with van der Waals surface area (Å²) < 4.78 is 1.56. The summed E-state index contributed by atoms with van der Waals surface area (Å²) in [4.78, 5) is 16.9. The van der Waals surface area contributed by atoms with Crippen LogP contribution >= 0.6 is 46.4 Å². The Kier molecular flexibility index (Phi) is 4.43. The van der Waals surface area contributed by atoms with Gasteiger partial charge in [-0.3, -0.25) is 9.20 Å². The average molecular weight is 389 g/mol. The van der Waals surface area contributed by atoms with E-state index in [1.54, 1.807) is 41.8 Å². The summed E-state index contributed by atoms with van der Waals surface area (Å²) in [6.07, 6.45) is 1.59. The lowest BCUT2D eigenvalue weighted by Gasteiger charge is -2.07. The number of benzene rings is 1. The molecule has 23 heavy (non-hydrogen) atoms. The first-order valence-electron chi connectivity index (χ1n) is 6.47. The maximum absolute atomic E-state index is 12.6.